The average molecular weight is 254 g/mol. The van der Waals surface area contributed by atoms with Crippen LogP contribution in [0.25, 0.3) is 0 Å². The van der Waals surface area contributed by atoms with E-state index >= 15 is 0 Å². The Morgan fingerprint density at radius 2 is 1.94 bits per heavy atom. The molecule has 0 radical (unpaired) electrons. The maximum Gasteiger partial charge on any atom is 0.122 e. The van der Waals surface area contributed by atoms with E-state index in [1.165, 1.54) is 31.2 Å². The molecule has 2 nitrogen and oxygen atoms in total. The second kappa shape index (κ2) is 5.74. The lowest BCUT2D eigenvalue weighted by molar-refractivity contribution is 0.345. The van der Waals surface area contributed by atoms with E-state index in [0.717, 1.165) is 10.8 Å². The molecule has 1 aliphatic carbocycles. The van der Waals surface area contributed by atoms with Crippen LogP contribution >= 0.6 is 11.6 Å². The summed E-state index contributed by atoms with van der Waals surface area (Å²) >= 11 is 6.08. The van der Waals surface area contributed by atoms with Crippen molar-refractivity contribution in [1.29, 1.82) is 0 Å². The smallest absolute Gasteiger partial charge is 0.122 e. The van der Waals surface area contributed by atoms with E-state index in [-0.39, 0.29) is 0 Å². The van der Waals surface area contributed by atoms with Crippen molar-refractivity contribution in [3.05, 3.63) is 28.8 Å². The van der Waals surface area contributed by atoms with Gasteiger partial charge in [0.1, 0.15) is 5.75 Å². The number of benzene rings is 1. The lowest BCUT2D eigenvalue weighted by Crippen LogP contribution is -2.29. The minimum Gasteiger partial charge on any atom is -0.496 e. The van der Waals surface area contributed by atoms with Crippen molar-refractivity contribution in [3.63, 3.8) is 0 Å². The van der Waals surface area contributed by atoms with Crippen LogP contribution in [-0.2, 0) is 0 Å². The van der Waals surface area contributed by atoms with E-state index < -0.39 is 0 Å². The molecule has 1 fully saturated rings. The summed E-state index contributed by atoms with van der Waals surface area (Å²) < 4.78 is 5.43. The number of ether oxygens (including phenoxy) is 1. The fraction of sp³-hybridized carbons (Fsp3) is 0.571. The second-order valence-corrected chi connectivity index (χ2v) is 5.16. The molecule has 0 bridgehead atoms. The normalized spacial score (nSPS) is 24.6. The number of hydrogen-bond acceptors (Lipinski definition) is 2. The van der Waals surface area contributed by atoms with E-state index in [4.69, 9.17) is 16.3 Å². The quantitative estimate of drug-likeness (QED) is 0.889. The molecule has 0 aromatic heterocycles. The largest absolute Gasteiger partial charge is 0.496 e. The van der Waals surface area contributed by atoms with Crippen molar-refractivity contribution < 1.29 is 4.74 Å². The topological polar surface area (TPSA) is 21.3 Å². The summed E-state index contributed by atoms with van der Waals surface area (Å²) in [4.78, 5) is 0. The van der Waals surface area contributed by atoms with Gasteiger partial charge in [-0.15, -0.1) is 0 Å². The van der Waals surface area contributed by atoms with Crippen LogP contribution < -0.4 is 10.1 Å². The molecule has 0 atom stereocenters. The number of halogens is 1. The van der Waals surface area contributed by atoms with Crippen LogP contribution in [0.15, 0.2) is 18.2 Å². The van der Waals surface area contributed by atoms with E-state index in [1.807, 2.05) is 19.2 Å². The fourth-order valence-corrected chi connectivity index (χ4v) is 2.90. The Bertz CT molecular complexity index is 372. The summed E-state index contributed by atoms with van der Waals surface area (Å²) in [6.07, 6.45) is 4.89. The summed E-state index contributed by atoms with van der Waals surface area (Å²) in [6, 6.07) is 6.60. The molecular formula is C14H20ClNO. The van der Waals surface area contributed by atoms with E-state index in [0.29, 0.717) is 12.0 Å². The Morgan fingerprint density at radius 1 is 1.24 bits per heavy atom. The van der Waals surface area contributed by atoms with Gasteiger partial charge in [-0.25, -0.2) is 0 Å². The molecule has 1 aromatic carbocycles. The third-order valence-electron chi connectivity index (χ3n) is 3.77. The molecular weight excluding hydrogens is 234 g/mol. The zero-order valence-electron chi connectivity index (χ0n) is 10.5. The lowest BCUT2D eigenvalue weighted by atomic mass is 9.81. The van der Waals surface area contributed by atoms with Gasteiger partial charge in [0.15, 0.2) is 0 Å². The first-order chi connectivity index (χ1) is 8.24. The lowest BCUT2D eigenvalue weighted by Gasteiger charge is -2.29. The Morgan fingerprint density at radius 3 is 2.53 bits per heavy atom. The first kappa shape index (κ1) is 12.7. The number of methoxy groups -OCH3 is 1. The molecule has 1 N–H and O–H groups in total. The van der Waals surface area contributed by atoms with Gasteiger partial charge >= 0.3 is 0 Å². The third-order valence-corrected chi connectivity index (χ3v) is 4.00. The SMILES string of the molecule is CNC1CCC(c2cc(Cl)ccc2OC)CC1. The van der Waals surface area contributed by atoms with Crippen molar-refractivity contribution in [2.75, 3.05) is 14.2 Å². The molecule has 94 valence electrons. The summed E-state index contributed by atoms with van der Waals surface area (Å²) in [5.41, 5.74) is 1.27. The Hall–Kier alpha value is -0.730. The predicted molar refractivity (Wildman–Crippen MR) is 72.1 cm³/mol. The molecule has 1 aliphatic rings. The van der Waals surface area contributed by atoms with Crippen molar-refractivity contribution in [1.82, 2.24) is 5.32 Å². The van der Waals surface area contributed by atoms with Crippen LogP contribution in [0.3, 0.4) is 0 Å². The average Bonchev–Trinajstić information content (AvgIpc) is 2.39. The highest BCUT2D eigenvalue weighted by Crippen LogP contribution is 2.38. The van der Waals surface area contributed by atoms with E-state index in [1.54, 1.807) is 7.11 Å². The third kappa shape index (κ3) is 2.93. The van der Waals surface area contributed by atoms with Crippen molar-refractivity contribution in [2.24, 2.45) is 0 Å². The second-order valence-electron chi connectivity index (χ2n) is 4.72. The Balaban J connectivity index is 2.14. The maximum absolute atomic E-state index is 6.08. The first-order valence-corrected chi connectivity index (χ1v) is 6.63. The minimum atomic E-state index is 0.591. The number of nitrogens with one attached hydrogen (secondary N) is 1. The standard InChI is InChI=1S/C14H20ClNO/c1-16-12-6-3-10(4-7-12)13-9-11(15)5-8-14(13)17-2/h5,8-10,12,16H,3-4,6-7H2,1-2H3. The summed E-state index contributed by atoms with van der Waals surface area (Å²) in [5.74, 6) is 1.57. The van der Waals surface area contributed by atoms with Gasteiger partial charge < -0.3 is 10.1 Å². The van der Waals surface area contributed by atoms with Crippen LogP contribution in [0.4, 0.5) is 0 Å². The number of hydrogen-bond donors (Lipinski definition) is 1. The van der Waals surface area contributed by atoms with Crippen LogP contribution in [0.1, 0.15) is 37.2 Å². The summed E-state index contributed by atoms with van der Waals surface area (Å²) in [7, 11) is 3.77. The van der Waals surface area contributed by atoms with E-state index in [9.17, 15) is 0 Å². The molecule has 0 amide bonds. The molecule has 0 saturated heterocycles. The van der Waals surface area contributed by atoms with Gasteiger partial charge in [0.25, 0.3) is 0 Å². The highest BCUT2D eigenvalue weighted by atomic mass is 35.5. The van der Waals surface area contributed by atoms with Crippen LogP contribution in [-0.4, -0.2) is 20.2 Å². The molecule has 0 spiro atoms. The zero-order chi connectivity index (χ0) is 12.3. The molecule has 2 rings (SSSR count). The molecule has 1 saturated carbocycles. The zero-order valence-corrected chi connectivity index (χ0v) is 11.3. The highest BCUT2D eigenvalue weighted by molar-refractivity contribution is 6.30. The predicted octanol–water partition coefficient (Wildman–Crippen LogP) is 3.59. The molecule has 0 heterocycles. The van der Waals surface area contributed by atoms with Crippen LogP contribution in [0, 0.1) is 0 Å². The molecule has 1 aromatic rings. The van der Waals surface area contributed by atoms with Crippen molar-refractivity contribution in [3.8, 4) is 5.75 Å². The van der Waals surface area contributed by atoms with Crippen LogP contribution in [0.2, 0.25) is 5.02 Å². The monoisotopic (exact) mass is 253 g/mol. The van der Waals surface area contributed by atoms with Gasteiger partial charge in [-0.1, -0.05) is 11.6 Å². The maximum atomic E-state index is 6.08. The summed E-state index contributed by atoms with van der Waals surface area (Å²) in [6.45, 7) is 0. The fourth-order valence-electron chi connectivity index (χ4n) is 2.72. The number of rotatable bonds is 3. The Kier molecular flexibility index (Phi) is 4.30. The molecule has 3 heteroatoms. The molecule has 0 unspecified atom stereocenters. The van der Waals surface area contributed by atoms with Crippen molar-refractivity contribution in [2.45, 2.75) is 37.6 Å². The highest BCUT2D eigenvalue weighted by Gasteiger charge is 2.23. The van der Waals surface area contributed by atoms with Gasteiger partial charge in [-0.05, 0) is 62.4 Å². The van der Waals surface area contributed by atoms with E-state index in [2.05, 4.69) is 11.4 Å². The Labute approximate surface area is 108 Å². The van der Waals surface area contributed by atoms with Crippen molar-refractivity contribution >= 4 is 11.6 Å². The van der Waals surface area contributed by atoms with Gasteiger partial charge in [-0.3, -0.25) is 0 Å². The summed E-state index contributed by atoms with van der Waals surface area (Å²) in [5, 5.41) is 4.16. The molecule has 17 heavy (non-hydrogen) atoms. The first-order valence-electron chi connectivity index (χ1n) is 6.25. The molecule has 0 aliphatic heterocycles. The minimum absolute atomic E-state index is 0.591. The van der Waals surface area contributed by atoms with Gasteiger partial charge in [0, 0.05) is 11.1 Å². The van der Waals surface area contributed by atoms with Gasteiger partial charge in [0.05, 0.1) is 7.11 Å². The van der Waals surface area contributed by atoms with Gasteiger partial charge in [0.2, 0.25) is 0 Å². The van der Waals surface area contributed by atoms with Gasteiger partial charge in [-0.2, -0.15) is 0 Å². The van der Waals surface area contributed by atoms with Crippen LogP contribution in [0.5, 0.6) is 5.75 Å².